The summed E-state index contributed by atoms with van der Waals surface area (Å²) in [5.41, 5.74) is 8.26. The van der Waals surface area contributed by atoms with E-state index >= 15 is 0 Å². The Hall–Kier alpha value is -6.22. The summed E-state index contributed by atoms with van der Waals surface area (Å²) in [5, 5.41) is 10.4. The molecule has 1 heterocycles. The van der Waals surface area contributed by atoms with Crippen molar-refractivity contribution in [3.8, 4) is 22.3 Å². The molecule has 0 spiro atoms. The van der Waals surface area contributed by atoms with Gasteiger partial charge in [-0.05, 0) is 115 Å². The first-order valence-corrected chi connectivity index (χ1v) is 17.9. The van der Waals surface area contributed by atoms with E-state index < -0.39 is 0 Å². The van der Waals surface area contributed by atoms with Gasteiger partial charge in [0.25, 0.3) is 0 Å². The summed E-state index contributed by atoms with van der Waals surface area (Å²) >= 11 is 1.87. The molecule has 234 valence electrons. The summed E-state index contributed by atoms with van der Waals surface area (Å²) in [6.45, 7) is 0. The van der Waals surface area contributed by atoms with Gasteiger partial charge in [0, 0.05) is 37.2 Å². The number of hydrogen-bond donors (Lipinski definition) is 0. The maximum Gasteiger partial charge on any atom is 0.0462 e. The number of fused-ring (bicyclic) bond motifs is 8. The Morgan fingerprint density at radius 3 is 1.68 bits per heavy atom. The molecule has 10 rings (SSSR count). The zero-order valence-corrected chi connectivity index (χ0v) is 28.1. The highest BCUT2D eigenvalue weighted by atomic mass is 32.1. The Bertz CT molecular complexity index is 2850. The van der Waals surface area contributed by atoms with Crippen LogP contribution in [0.15, 0.2) is 188 Å². The molecule has 10 aromatic rings. The van der Waals surface area contributed by atoms with Crippen LogP contribution in [0.2, 0.25) is 0 Å². The van der Waals surface area contributed by atoms with Gasteiger partial charge < -0.3 is 4.90 Å². The molecule has 0 unspecified atom stereocenters. The molecule has 0 aliphatic rings. The average molecular weight is 654 g/mol. The molecule has 1 nitrogen and oxygen atoms in total. The number of anilines is 3. The van der Waals surface area contributed by atoms with Crippen molar-refractivity contribution in [2.45, 2.75) is 0 Å². The third kappa shape index (κ3) is 4.76. The van der Waals surface area contributed by atoms with Crippen molar-refractivity contribution < 1.29 is 0 Å². The molecular formula is C48H31NS. The van der Waals surface area contributed by atoms with Crippen LogP contribution in [0, 0.1) is 0 Å². The maximum absolute atomic E-state index is 2.34. The molecular weight excluding hydrogens is 623 g/mol. The second-order valence-corrected chi connectivity index (χ2v) is 14.0. The predicted molar refractivity (Wildman–Crippen MR) is 217 cm³/mol. The summed E-state index contributed by atoms with van der Waals surface area (Å²) in [6, 6.07) is 68.6. The van der Waals surface area contributed by atoms with Gasteiger partial charge in [0.1, 0.15) is 0 Å². The molecule has 1 aromatic heterocycles. The highest BCUT2D eigenvalue weighted by Gasteiger charge is 2.15. The Morgan fingerprint density at radius 1 is 0.320 bits per heavy atom. The second kappa shape index (κ2) is 11.7. The third-order valence-corrected chi connectivity index (χ3v) is 11.2. The Labute approximate surface area is 294 Å². The molecule has 0 aliphatic heterocycles. The minimum absolute atomic E-state index is 1.12. The van der Waals surface area contributed by atoms with E-state index in [1.165, 1.54) is 74.7 Å². The lowest BCUT2D eigenvalue weighted by molar-refractivity contribution is 1.28. The standard InChI is InChI=1S/C48H31NS/c1-2-11-37(12-3-1)49(39-26-20-33(21-27-39)45-31-35-10-4-5-13-40(35)42-14-6-7-15-43(42)45)38-24-18-32(19-25-38)34-22-28-41-36(30-34)23-29-47-48(41)44-16-8-9-17-46(44)50-47/h1-31H. The van der Waals surface area contributed by atoms with Gasteiger partial charge in [0.15, 0.2) is 0 Å². The zero-order valence-electron chi connectivity index (χ0n) is 27.3. The van der Waals surface area contributed by atoms with Crippen molar-refractivity contribution in [1.82, 2.24) is 0 Å². The normalized spacial score (nSPS) is 11.6. The number of benzene rings is 9. The van der Waals surface area contributed by atoms with Gasteiger partial charge in [-0.3, -0.25) is 0 Å². The number of thiophene rings is 1. The lowest BCUT2D eigenvalue weighted by Gasteiger charge is -2.26. The van der Waals surface area contributed by atoms with E-state index in [4.69, 9.17) is 0 Å². The van der Waals surface area contributed by atoms with E-state index in [2.05, 4.69) is 193 Å². The van der Waals surface area contributed by atoms with Crippen LogP contribution in [0.5, 0.6) is 0 Å². The number of hydrogen-bond acceptors (Lipinski definition) is 2. The van der Waals surface area contributed by atoms with Gasteiger partial charge in [0.2, 0.25) is 0 Å². The third-order valence-electron chi connectivity index (χ3n) is 10.0. The fraction of sp³-hybridized carbons (Fsp3) is 0. The average Bonchev–Trinajstić information content (AvgIpc) is 3.58. The SMILES string of the molecule is c1ccc(N(c2ccc(-c3ccc4c(ccc5sc6ccccc6c54)c3)cc2)c2ccc(-c3cc4ccccc4c4ccccc34)cc2)cc1. The highest BCUT2D eigenvalue weighted by Crippen LogP contribution is 2.41. The van der Waals surface area contributed by atoms with Crippen LogP contribution in [-0.2, 0) is 0 Å². The Morgan fingerprint density at radius 2 is 0.900 bits per heavy atom. The molecule has 0 N–H and O–H groups in total. The molecule has 0 amide bonds. The van der Waals surface area contributed by atoms with E-state index in [1.54, 1.807) is 0 Å². The zero-order chi connectivity index (χ0) is 33.0. The van der Waals surface area contributed by atoms with Gasteiger partial charge in [-0.25, -0.2) is 0 Å². The first-order valence-electron chi connectivity index (χ1n) is 17.1. The number of nitrogens with zero attached hydrogens (tertiary/aromatic N) is 1. The van der Waals surface area contributed by atoms with Crippen molar-refractivity contribution in [2.75, 3.05) is 4.90 Å². The summed E-state index contributed by atoms with van der Waals surface area (Å²) in [5.74, 6) is 0. The van der Waals surface area contributed by atoms with E-state index in [-0.39, 0.29) is 0 Å². The lowest BCUT2D eigenvalue weighted by Crippen LogP contribution is -2.09. The molecule has 50 heavy (non-hydrogen) atoms. The summed E-state index contributed by atoms with van der Waals surface area (Å²) < 4.78 is 2.69. The van der Waals surface area contributed by atoms with Crippen molar-refractivity contribution in [1.29, 1.82) is 0 Å². The predicted octanol–water partition coefficient (Wildman–Crippen LogP) is 14.3. The second-order valence-electron chi connectivity index (χ2n) is 12.9. The van der Waals surface area contributed by atoms with Crippen molar-refractivity contribution in [2.24, 2.45) is 0 Å². The monoisotopic (exact) mass is 653 g/mol. The van der Waals surface area contributed by atoms with Crippen LogP contribution in [0.25, 0.3) is 74.7 Å². The van der Waals surface area contributed by atoms with Gasteiger partial charge in [0.05, 0.1) is 0 Å². The van der Waals surface area contributed by atoms with Crippen molar-refractivity contribution in [3.63, 3.8) is 0 Å². The highest BCUT2D eigenvalue weighted by molar-refractivity contribution is 7.26. The molecule has 0 saturated heterocycles. The summed E-state index contributed by atoms with van der Waals surface area (Å²) in [4.78, 5) is 2.34. The minimum atomic E-state index is 1.12. The molecule has 9 aromatic carbocycles. The quantitative estimate of drug-likeness (QED) is 0.167. The smallest absolute Gasteiger partial charge is 0.0462 e. The number of rotatable bonds is 5. The fourth-order valence-corrected chi connectivity index (χ4v) is 8.76. The fourth-order valence-electron chi connectivity index (χ4n) is 7.64. The first kappa shape index (κ1) is 28.8. The van der Waals surface area contributed by atoms with Gasteiger partial charge >= 0.3 is 0 Å². The first-order chi connectivity index (χ1) is 24.8. The minimum Gasteiger partial charge on any atom is -0.311 e. The maximum atomic E-state index is 2.34. The van der Waals surface area contributed by atoms with Crippen LogP contribution in [0.4, 0.5) is 17.1 Å². The number of para-hydroxylation sites is 1. The topological polar surface area (TPSA) is 3.24 Å². The van der Waals surface area contributed by atoms with Crippen LogP contribution in [-0.4, -0.2) is 0 Å². The van der Waals surface area contributed by atoms with Gasteiger partial charge in [-0.2, -0.15) is 0 Å². The molecule has 0 aliphatic carbocycles. The molecule has 0 atom stereocenters. The largest absolute Gasteiger partial charge is 0.311 e. The summed E-state index contributed by atoms with van der Waals surface area (Å²) in [7, 11) is 0. The van der Waals surface area contributed by atoms with Crippen LogP contribution in [0.3, 0.4) is 0 Å². The molecule has 2 heteroatoms. The molecule has 0 radical (unpaired) electrons. The van der Waals surface area contributed by atoms with Crippen LogP contribution < -0.4 is 4.90 Å². The Balaban J connectivity index is 1.02. The van der Waals surface area contributed by atoms with Gasteiger partial charge in [-0.1, -0.05) is 127 Å². The lowest BCUT2D eigenvalue weighted by atomic mass is 9.93. The Kier molecular flexibility index (Phi) is 6.75. The molecule has 0 bridgehead atoms. The van der Waals surface area contributed by atoms with E-state index in [9.17, 15) is 0 Å². The van der Waals surface area contributed by atoms with Gasteiger partial charge in [-0.15, -0.1) is 11.3 Å². The molecule has 0 fully saturated rings. The van der Waals surface area contributed by atoms with E-state index in [0.29, 0.717) is 0 Å². The summed E-state index contributed by atoms with van der Waals surface area (Å²) in [6.07, 6.45) is 0. The van der Waals surface area contributed by atoms with E-state index in [1.807, 2.05) is 11.3 Å². The molecule has 0 saturated carbocycles. The van der Waals surface area contributed by atoms with Crippen LogP contribution in [0.1, 0.15) is 0 Å². The van der Waals surface area contributed by atoms with Crippen LogP contribution >= 0.6 is 11.3 Å². The van der Waals surface area contributed by atoms with Crippen molar-refractivity contribution >= 4 is 80.9 Å². The van der Waals surface area contributed by atoms with E-state index in [0.717, 1.165) is 17.1 Å². The van der Waals surface area contributed by atoms with Crippen molar-refractivity contribution in [3.05, 3.63) is 188 Å².